The number of carbonyl (C=O) groups excluding carboxylic acids is 1. The lowest BCUT2D eigenvalue weighted by molar-refractivity contribution is -0.384. The van der Waals surface area contributed by atoms with Crippen molar-refractivity contribution in [1.82, 2.24) is 5.32 Å². The Morgan fingerprint density at radius 3 is 2.77 bits per heavy atom. The van der Waals surface area contributed by atoms with E-state index in [-0.39, 0.29) is 20.8 Å². The molecular weight excluding hydrogens is 216 g/mol. The average molecular weight is 221 g/mol. The molecule has 0 unspecified atom stereocenters. The Labute approximate surface area is 82.5 Å². The first-order chi connectivity index (χ1) is 6.06. The lowest BCUT2D eigenvalue weighted by atomic mass is 10.4. The number of carbonyl (C=O) groups is 1. The topological polar surface area (TPSA) is 72.2 Å². The van der Waals surface area contributed by atoms with Gasteiger partial charge in [-0.2, -0.15) is 0 Å². The fourth-order valence-electron chi connectivity index (χ4n) is 0.719. The molecule has 0 radical (unpaired) electrons. The van der Waals surface area contributed by atoms with Crippen molar-refractivity contribution in [2.45, 2.75) is 0 Å². The van der Waals surface area contributed by atoms with Crippen molar-refractivity contribution in [2.24, 2.45) is 0 Å². The predicted molar refractivity (Wildman–Crippen MR) is 49.4 cm³/mol. The Kier molecular flexibility index (Phi) is 2.84. The summed E-state index contributed by atoms with van der Waals surface area (Å²) in [5, 5.41) is 12.7. The minimum atomic E-state index is -0.620. The number of amides is 1. The molecule has 1 heterocycles. The molecule has 1 aromatic rings. The van der Waals surface area contributed by atoms with Crippen LogP contribution in [-0.4, -0.2) is 17.9 Å². The average Bonchev–Trinajstić information content (AvgIpc) is 2.46. The standard InChI is InChI=1S/C6H5ClN2O3S/c1-8-6(10)4-2-3(9(11)12)5(7)13-4/h2H,1H3,(H,8,10). The molecule has 0 aliphatic heterocycles. The van der Waals surface area contributed by atoms with Gasteiger partial charge in [0.25, 0.3) is 11.6 Å². The van der Waals surface area contributed by atoms with E-state index in [1.165, 1.54) is 7.05 Å². The number of hydrogen-bond donors (Lipinski definition) is 1. The molecule has 1 rings (SSSR count). The fourth-order valence-corrected chi connectivity index (χ4v) is 1.89. The molecule has 0 spiro atoms. The van der Waals surface area contributed by atoms with Gasteiger partial charge in [-0.1, -0.05) is 11.6 Å². The highest BCUT2D eigenvalue weighted by atomic mass is 35.5. The minimum absolute atomic E-state index is 0.0172. The van der Waals surface area contributed by atoms with E-state index in [2.05, 4.69) is 5.32 Å². The number of hydrogen-bond acceptors (Lipinski definition) is 4. The molecule has 0 aromatic carbocycles. The predicted octanol–water partition coefficient (Wildman–Crippen LogP) is 1.67. The van der Waals surface area contributed by atoms with E-state index in [9.17, 15) is 14.9 Å². The van der Waals surface area contributed by atoms with Crippen molar-refractivity contribution in [3.05, 3.63) is 25.4 Å². The first-order valence-electron chi connectivity index (χ1n) is 3.22. The summed E-state index contributed by atoms with van der Waals surface area (Å²) in [5.74, 6) is -0.375. The Morgan fingerprint density at radius 1 is 1.77 bits per heavy atom. The number of nitrogens with one attached hydrogen (secondary N) is 1. The molecule has 1 amide bonds. The zero-order valence-electron chi connectivity index (χ0n) is 6.54. The molecule has 1 N–H and O–H groups in total. The van der Waals surface area contributed by atoms with Crippen LogP contribution in [0.5, 0.6) is 0 Å². The summed E-state index contributed by atoms with van der Waals surface area (Å²) in [6, 6.07) is 1.16. The number of thiophene rings is 1. The highest BCUT2D eigenvalue weighted by Gasteiger charge is 2.19. The largest absolute Gasteiger partial charge is 0.354 e. The van der Waals surface area contributed by atoms with Gasteiger partial charge < -0.3 is 5.32 Å². The maximum Gasteiger partial charge on any atom is 0.299 e. The molecule has 5 nitrogen and oxygen atoms in total. The van der Waals surface area contributed by atoms with Crippen LogP contribution >= 0.6 is 22.9 Å². The number of halogens is 1. The van der Waals surface area contributed by atoms with Crippen LogP contribution in [0.1, 0.15) is 9.67 Å². The Balaban J connectivity index is 3.09. The molecule has 0 saturated heterocycles. The van der Waals surface area contributed by atoms with E-state index < -0.39 is 4.92 Å². The van der Waals surface area contributed by atoms with Gasteiger partial charge in [0.2, 0.25) is 0 Å². The summed E-state index contributed by atoms with van der Waals surface area (Å²) >= 11 is 6.42. The number of nitro groups is 1. The Bertz CT molecular complexity index is 363. The minimum Gasteiger partial charge on any atom is -0.354 e. The number of nitrogens with zero attached hydrogens (tertiary/aromatic N) is 1. The maximum atomic E-state index is 11.0. The maximum absolute atomic E-state index is 11.0. The van der Waals surface area contributed by atoms with Crippen molar-refractivity contribution in [1.29, 1.82) is 0 Å². The van der Waals surface area contributed by atoms with Crippen molar-refractivity contribution in [2.75, 3.05) is 7.05 Å². The van der Waals surface area contributed by atoms with Gasteiger partial charge in [0, 0.05) is 13.1 Å². The van der Waals surface area contributed by atoms with Gasteiger partial charge in [-0.05, 0) is 0 Å². The van der Waals surface area contributed by atoms with Crippen LogP contribution in [0.2, 0.25) is 4.34 Å². The second kappa shape index (κ2) is 3.71. The van der Waals surface area contributed by atoms with E-state index >= 15 is 0 Å². The van der Waals surface area contributed by atoms with Crippen LogP contribution in [0.4, 0.5) is 5.69 Å². The third-order valence-corrected chi connectivity index (χ3v) is 2.65. The third-order valence-electron chi connectivity index (χ3n) is 1.32. The van der Waals surface area contributed by atoms with Crippen LogP contribution in [0.15, 0.2) is 6.07 Å². The second-order valence-electron chi connectivity index (χ2n) is 2.11. The molecule has 7 heteroatoms. The quantitative estimate of drug-likeness (QED) is 0.609. The van der Waals surface area contributed by atoms with Crippen molar-refractivity contribution in [3.8, 4) is 0 Å². The first kappa shape index (κ1) is 9.94. The molecule has 13 heavy (non-hydrogen) atoms. The lowest BCUT2D eigenvalue weighted by Gasteiger charge is -1.90. The Morgan fingerprint density at radius 2 is 2.38 bits per heavy atom. The molecule has 0 aliphatic rings. The molecule has 0 aliphatic carbocycles. The summed E-state index contributed by atoms with van der Waals surface area (Å²) in [7, 11) is 1.45. The SMILES string of the molecule is CNC(=O)c1cc([N+](=O)[O-])c(Cl)s1. The molecular formula is C6H5ClN2O3S. The molecule has 0 atom stereocenters. The van der Waals surface area contributed by atoms with E-state index in [0.717, 1.165) is 17.4 Å². The van der Waals surface area contributed by atoms with Gasteiger partial charge in [0.15, 0.2) is 4.34 Å². The normalized spacial score (nSPS) is 9.69. The summed E-state index contributed by atoms with van der Waals surface area (Å²) in [6.07, 6.45) is 0. The van der Waals surface area contributed by atoms with Gasteiger partial charge in [0.05, 0.1) is 4.92 Å². The molecule has 70 valence electrons. The second-order valence-corrected chi connectivity index (χ2v) is 3.76. The van der Waals surface area contributed by atoms with Crippen molar-refractivity contribution < 1.29 is 9.72 Å². The highest BCUT2D eigenvalue weighted by Crippen LogP contribution is 2.33. The Hall–Kier alpha value is -1.14. The van der Waals surface area contributed by atoms with E-state index in [1.807, 2.05) is 0 Å². The smallest absolute Gasteiger partial charge is 0.299 e. The van der Waals surface area contributed by atoms with Crippen LogP contribution in [0, 0.1) is 10.1 Å². The van der Waals surface area contributed by atoms with Gasteiger partial charge in [-0.15, -0.1) is 11.3 Å². The fraction of sp³-hybridized carbons (Fsp3) is 0.167. The molecule has 0 saturated carbocycles. The zero-order chi connectivity index (χ0) is 10.0. The summed E-state index contributed by atoms with van der Waals surface area (Å²) in [5.41, 5.74) is -0.231. The summed E-state index contributed by atoms with van der Waals surface area (Å²) in [6.45, 7) is 0. The van der Waals surface area contributed by atoms with Gasteiger partial charge in [0.1, 0.15) is 4.88 Å². The molecule has 1 aromatic heterocycles. The molecule has 0 bridgehead atoms. The van der Waals surface area contributed by atoms with Gasteiger partial charge in [-0.25, -0.2) is 0 Å². The van der Waals surface area contributed by atoms with Crippen LogP contribution in [-0.2, 0) is 0 Å². The third kappa shape index (κ3) is 1.96. The van der Waals surface area contributed by atoms with Crippen LogP contribution in [0.3, 0.4) is 0 Å². The highest BCUT2D eigenvalue weighted by molar-refractivity contribution is 7.18. The van der Waals surface area contributed by atoms with Crippen molar-refractivity contribution >= 4 is 34.5 Å². The van der Waals surface area contributed by atoms with Crippen LogP contribution in [0.25, 0.3) is 0 Å². The van der Waals surface area contributed by atoms with Crippen LogP contribution < -0.4 is 5.32 Å². The van der Waals surface area contributed by atoms with Crippen molar-refractivity contribution in [3.63, 3.8) is 0 Å². The zero-order valence-corrected chi connectivity index (χ0v) is 8.11. The molecule has 0 fully saturated rings. The summed E-state index contributed by atoms with van der Waals surface area (Å²) < 4.78 is 0.0172. The van der Waals surface area contributed by atoms with E-state index in [0.29, 0.717) is 0 Å². The monoisotopic (exact) mass is 220 g/mol. The van der Waals surface area contributed by atoms with E-state index in [4.69, 9.17) is 11.6 Å². The lowest BCUT2D eigenvalue weighted by Crippen LogP contribution is -2.16. The number of rotatable bonds is 2. The van der Waals surface area contributed by atoms with Gasteiger partial charge >= 0.3 is 0 Å². The first-order valence-corrected chi connectivity index (χ1v) is 4.41. The van der Waals surface area contributed by atoms with E-state index in [1.54, 1.807) is 0 Å². The summed E-state index contributed by atoms with van der Waals surface area (Å²) in [4.78, 5) is 21.0. The van der Waals surface area contributed by atoms with Gasteiger partial charge in [-0.3, -0.25) is 14.9 Å².